The van der Waals surface area contributed by atoms with Crippen LogP contribution in [0.1, 0.15) is 23.2 Å². The molecule has 12 heteroatoms. The first kappa shape index (κ1) is 30.2. The van der Waals surface area contributed by atoms with Gasteiger partial charge in [0.15, 0.2) is 5.78 Å². The van der Waals surface area contributed by atoms with E-state index >= 15 is 0 Å². The number of rotatable bonds is 11. The van der Waals surface area contributed by atoms with E-state index in [4.69, 9.17) is 0 Å². The summed E-state index contributed by atoms with van der Waals surface area (Å²) < 4.78 is 0. The van der Waals surface area contributed by atoms with Crippen molar-refractivity contribution in [3.05, 3.63) is 106 Å². The number of carbonyl (C=O) groups is 1. The van der Waals surface area contributed by atoms with Crippen LogP contribution in [0.3, 0.4) is 0 Å². The number of nitro groups is 1. The van der Waals surface area contributed by atoms with E-state index in [-0.39, 0.29) is 28.5 Å². The van der Waals surface area contributed by atoms with Gasteiger partial charge in [0.1, 0.15) is 17.5 Å². The molecule has 2 unspecified atom stereocenters. The van der Waals surface area contributed by atoms with E-state index in [1.807, 2.05) is 71.8 Å². The number of non-ortho nitro benzene ring substituents is 1. The molecule has 0 amide bonds. The standard InChI is InChI=1S/C36H37N9O3/c46-36-25-9-2-4-12-30(25)44-35-29(40-41-44)15-14-27(33(35)36)37-16-6-18-42-20-22-43(23-21-42)19-7-17-38-34-24-8-1-3-10-26(24)39-28-11-5-13-31(32(28)34)45(47)48/h1-5,8-15,29,35,37H,6-7,16-23H2,(H,38,39). The highest BCUT2D eigenvalue weighted by molar-refractivity contribution is 6.16. The molecule has 244 valence electrons. The Labute approximate surface area is 277 Å². The molecule has 2 N–H and O–H groups in total. The molecule has 2 atom stereocenters. The smallest absolute Gasteiger partial charge is 0.280 e. The van der Waals surface area contributed by atoms with E-state index < -0.39 is 0 Å². The Kier molecular flexibility index (Phi) is 8.03. The first-order valence-corrected chi connectivity index (χ1v) is 16.7. The lowest BCUT2D eigenvalue weighted by molar-refractivity contribution is -0.383. The number of nitrogens with one attached hydrogen (secondary N) is 2. The molecule has 1 saturated heterocycles. The number of nitrogens with zero attached hydrogens (tertiary/aromatic N) is 7. The van der Waals surface area contributed by atoms with Gasteiger partial charge in [-0.05, 0) is 56.3 Å². The highest BCUT2D eigenvalue weighted by atomic mass is 16.6. The summed E-state index contributed by atoms with van der Waals surface area (Å²) in [5.41, 5.74) is 5.45. The Balaban J connectivity index is 0.817. The number of fused-ring (bicyclic) bond motifs is 4. The van der Waals surface area contributed by atoms with Crippen molar-refractivity contribution in [3.8, 4) is 0 Å². The molecule has 3 aromatic carbocycles. The number of aromatic nitrogens is 1. The number of hydrogen-bond donors (Lipinski definition) is 2. The Morgan fingerprint density at radius 2 is 1.56 bits per heavy atom. The predicted octanol–water partition coefficient (Wildman–Crippen LogP) is 5.34. The molecule has 1 aliphatic carbocycles. The first-order chi connectivity index (χ1) is 23.6. The fraction of sp³-hybridized carbons (Fsp3) is 0.333. The average molecular weight is 644 g/mol. The summed E-state index contributed by atoms with van der Waals surface area (Å²) in [6, 6.07) is 20.2. The molecule has 48 heavy (non-hydrogen) atoms. The summed E-state index contributed by atoms with van der Waals surface area (Å²) in [7, 11) is 0. The average Bonchev–Trinajstić information content (AvgIpc) is 3.55. The molecule has 0 spiro atoms. The van der Waals surface area contributed by atoms with Crippen LogP contribution in [-0.4, -0.2) is 89.9 Å². The fourth-order valence-corrected chi connectivity index (χ4v) is 7.42. The normalized spacial score (nSPS) is 20.4. The van der Waals surface area contributed by atoms with E-state index in [1.54, 1.807) is 12.1 Å². The number of hydrogen-bond acceptors (Lipinski definition) is 11. The topological polar surface area (TPSA) is 132 Å². The third-order valence-electron chi connectivity index (χ3n) is 9.82. The van der Waals surface area contributed by atoms with Crippen molar-refractivity contribution in [2.45, 2.75) is 24.9 Å². The van der Waals surface area contributed by atoms with Crippen molar-refractivity contribution >= 4 is 44.7 Å². The molecular weight excluding hydrogens is 606 g/mol. The fourth-order valence-electron chi connectivity index (χ4n) is 7.42. The molecule has 12 nitrogen and oxygen atoms in total. The minimum absolute atomic E-state index is 0.0612. The number of allylic oxidation sites excluding steroid dienone is 1. The van der Waals surface area contributed by atoms with E-state index in [9.17, 15) is 14.9 Å². The quantitative estimate of drug-likeness (QED) is 0.0962. The molecule has 3 aliphatic heterocycles. The number of benzene rings is 3. The number of ketones is 1. The van der Waals surface area contributed by atoms with Gasteiger partial charge in [-0.1, -0.05) is 47.7 Å². The lowest BCUT2D eigenvalue weighted by Gasteiger charge is -2.36. The minimum atomic E-state index is -0.328. The van der Waals surface area contributed by atoms with Crippen LogP contribution in [0, 0.1) is 10.1 Å². The summed E-state index contributed by atoms with van der Waals surface area (Å²) in [6.45, 7) is 7.51. The Hall–Kier alpha value is -5.20. The highest BCUT2D eigenvalue weighted by Crippen LogP contribution is 2.42. The number of Topliss-reactive ketones (excluding diaryl/α,β-unsaturated/α-hetero) is 1. The number of para-hydroxylation sites is 2. The van der Waals surface area contributed by atoms with Gasteiger partial charge in [-0.2, -0.15) is 5.11 Å². The summed E-state index contributed by atoms with van der Waals surface area (Å²) in [6.07, 6.45) is 5.95. The zero-order valence-corrected chi connectivity index (χ0v) is 26.6. The molecule has 4 aliphatic rings. The molecule has 1 aromatic heterocycles. The number of nitro benzene ring substituents is 1. The number of anilines is 2. The largest absolute Gasteiger partial charge is 0.385 e. The Morgan fingerprint density at radius 3 is 2.35 bits per heavy atom. The summed E-state index contributed by atoms with van der Waals surface area (Å²) in [5.74, 6) is 0.0612. The molecule has 8 rings (SSSR count). The lowest BCUT2D eigenvalue weighted by atomic mass is 9.83. The van der Waals surface area contributed by atoms with Crippen LogP contribution in [0.15, 0.2) is 100 Å². The van der Waals surface area contributed by atoms with Gasteiger partial charge in [-0.3, -0.25) is 14.9 Å². The maximum atomic E-state index is 13.5. The monoisotopic (exact) mass is 643 g/mol. The minimum Gasteiger partial charge on any atom is -0.385 e. The second kappa shape index (κ2) is 12.8. The lowest BCUT2D eigenvalue weighted by Crippen LogP contribution is -2.47. The molecule has 0 saturated carbocycles. The van der Waals surface area contributed by atoms with Crippen LogP contribution in [-0.2, 0) is 0 Å². The maximum Gasteiger partial charge on any atom is 0.280 e. The predicted molar refractivity (Wildman–Crippen MR) is 186 cm³/mol. The van der Waals surface area contributed by atoms with Crippen LogP contribution in [0.2, 0.25) is 0 Å². The van der Waals surface area contributed by atoms with Gasteiger partial charge in [0.05, 0.1) is 32.9 Å². The molecular formula is C36H37N9O3. The van der Waals surface area contributed by atoms with Gasteiger partial charge in [-0.15, -0.1) is 0 Å². The molecule has 4 aromatic rings. The third-order valence-corrected chi connectivity index (χ3v) is 9.82. The molecule has 4 heterocycles. The van der Waals surface area contributed by atoms with E-state index in [1.165, 1.54) is 0 Å². The summed E-state index contributed by atoms with van der Waals surface area (Å²) >= 11 is 0. The second-order valence-electron chi connectivity index (χ2n) is 12.7. The summed E-state index contributed by atoms with van der Waals surface area (Å²) in [4.78, 5) is 34.7. The summed E-state index contributed by atoms with van der Waals surface area (Å²) in [5, 5.41) is 31.1. The first-order valence-electron chi connectivity index (χ1n) is 16.7. The Morgan fingerprint density at radius 1 is 0.854 bits per heavy atom. The molecule has 1 fully saturated rings. The number of carbonyl (C=O) groups excluding carboxylic acids is 1. The number of piperazine rings is 1. The van der Waals surface area contributed by atoms with Crippen LogP contribution in [0.5, 0.6) is 0 Å². The van der Waals surface area contributed by atoms with Crippen LogP contribution < -0.4 is 15.6 Å². The van der Waals surface area contributed by atoms with Crippen molar-refractivity contribution in [1.82, 2.24) is 20.1 Å². The maximum absolute atomic E-state index is 13.5. The van der Waals surface area contributed by atoms with Crippen LogP contribution >= 0.6 is 0 Å². The van der Waals surface area contributed by atoms with Gasteiger partial charge in [0, 0.05) is 62.0 Å². The zero-order valence-electron chi connectivity index (χ0n) is 26.6. The van der Waals surface area contributed by atoms with Crippen molar-refractivity contribution < 1.29 is 9.72 Å². The van der Waals surface area contributed by atoms with Crippen LogP contribution in [0.25, 0.3) is 21.8 Å². The van der Waals surface area contributed by atoms with Crippen LogP contribution in [0.4, 0.5) is 17.1 Å². The van der Waals surface area contributed by atoms with Crippen molar-refractivity contribution in [2.75, 3.05) is 62.7 Å². The van der Waals surface area contributed by atoms with Crippen molar-refractivity contribution in [2.24, 2.45) is 10.3 Å². The van der Waals surface area contributed by atoms with E-state index in [0.717, 1.165) is 92.2 Å². The van der Waals surface area contributed by atoms with Crippen molar-refractivity contribution in [3.63, 3.8) is 0 Å². The van der Waals surface area contributed by atoms with Gasteiger partial charge in [-0.25, -0.2) is 9.99 Å². The molecule has 0 radical (unpaired) electrons. The van der Waals surface area contributed by atoms with Gasteiger partial charge in [0.25, 0.3) is 5.69 Å². The number of pyridine rings is 1. The van der Waals surface area contributed by atoms with Gasteiger partial charge in [0.2, 0.25) is 0 Å². The Bertz CT molecular complexity index is 2000. The van der Waals surface area contributed by atoms with Crippen molar-refractivity contribution in [1.29, 1.82) is 0 Å². The zero-order chi connectivity index (χ0) is 32.6. The van der Waals surface area contributed by atoms with E-state index in [0.29, 0.717) is 23.0 Å². The van der Waals surface area contributed by atoms with Gasteiger partial charge >= 0.3 is 0 Å². The second-order valence-corrected chi connectivity index (χ2v) is 12.7. The van der Waals surface area contributed by atoms with E-state index in [2.05, 4.69) is 35.8 Å². The molecule has 0 bridgehead atoms. The van der Waals surface area contributed by atoms with Gasteiger partial charge < -0.3 is 20.4 Å². The SMILES string of the molecule is O=C1C2=C(NCCCN3CCN(CCCNc4c5ccccc5nc5cccc([N+](=O)[O-])c45)CC3)C=CC3N=NN(c4ccccc41)C23. The highest BCUT2D eigenvalue weighted by Gasteiger charge is 2.46. The third kappa shape index (κ3) is 5.46.